The number of hydrogen-bond donors (Lipinski definition) is 0. The molecular formula is C13H18BrN3O3. The molecule has 0 aromatic carbocycles. The molecule has 0 aliphatic carbocycles. The molecule has 0 amide bonds. The zero-order chi connectivity index (χ0) is 14.5. The van der Waals surface area contributed by atoms with E-state index < -0.39 is 4.92 Å². The number of hydrogen-bond acceptors (Lipinski definition) is 5. The van der Waals surface area contributed by atoms with E-state index in [1.165, 1.54) is 25.1 Å². The lowest BCUT2D eigenvalue weighted by Gasteiger charge is -2.32. The minimum Gasteiger partial charge on any atom is -0.473 e. The summed E-state index contributed by atoms with van der Waals surface area (Å²) in [6.07, 6.45) is 6.02. The SMILES string of the molecule is CN1CCCCC1CCOc1ncc(Br)cc1[N+](=O)[O-]. The van der Waals surface area contributed by atoms with Crippen molar-refractivity contribution >= 4 is 21.6 Å². The van der Waals surface area contributed by atoms with Crippen LogP contribution < -0.4 is 4.74 Å². The quantitative estimate of drug-likeness (QED) is 0.607. The van der Waals surface area contributed by atoms with E-state index in [-0.39, 0.29) is 11.6 Å². The number of rotatable bonds is 5. The van der Waals surface area contributed by atoms with Crippen LogP contribution in [-0.4, -0.2) is 41.0 Å². The first-order chi connectivity index (χ1) is 9.58. The van der Waals surface area contributed by atoms with Crippen LogP contribution in [0.2, 0.25) is 0 Å². The number of aromatic nitrogens is 1. The third kappa shape index (κ3) is 3.89. The molecule has 0 radical (unpaired) electrons. The molecular weight excluding hydrogens is 326 g/mol. The van der Waals surface area contributed by atoms with Crippen LogP contribution in [0, 0.1) is 10.1 Å². The molecule has 7 heteroatoms. The van der Waals surface area contributed by atoms with Crippen molar-refractivity contribution < 1.29 is 9.66 Å². The van der Waals surface area contributed by atoms with Crippen molar-refractivity contribution in [3.63, 3.8) is 0 Å². The molecule has 0 spiro atoms. The van der Waals surface area contributed by atoms with Gasteiger partial charge in [0.1, 0.15) is 0 Å². The van der Waals surface area contributed by atoms with Gasteiger partial charge < -0.3 is 9.64 Å². The van der Waals surface area contributed by atoms with Crippen molar-refractivity contribution in [1.82, 2.24) is 9.88 Å². The minimum absolute atomic E-state index is 0.0941. The first-order valence-electron chi connectivity index (χ1n) is 6.71. The Balaban J connectivity index is 1.92. The summed E-state index contributed by atoms with van der Waals surface area (Å²) < 4.78 is 6.08. The summed E-state index contributed by atoms with van der Waals surface area (Å²) in [5.74, 6) is 0.0941. The van der Waals surface area contributed by atoms with Gasteiger partial charge in [-0.1, -0.05) is 6.42 Å². The second-order valence-corrected chi connectivity index (χ2v) is 5.92. The maximum atomic E-state index is 10.9. The maximum absolute atomic E-state index is 10.9. The van der Waals surface area contributed by atoms with Crippen molar-refractivity contribution in [3.05, 3.63) is 26.9 Å². The normalized spacial score (nSPS) is 19.8. The molecule has 110 valence electrons. The van der Waals surface area contributed by atoms with Crippen molar-refractivity contribution in [2.45, 2.75) is 31.7 Å². The third-order valence-corrected chi connectivity index (χ3v) is 4.04. The Morgan fingerprint density at radius 2 is 2.40 bits per heavy atom. The molecule has 20 heavy (non-hydrogen) atoms. The predicted molar refractivity (Wildman–Crippen MR) is 79.0 cm³/mol. The number of nitro groups is 1. The van der Waals surface area contributed by atoms with Crippen molar-refractivity contribution in [1.29, 1.82) is 0 Å². The number of likely N-dealkylation sites (tertiary alicyclic amines) is 1. The topological polar surface area (TPSA) is 68.5 Å². The molecule has 0 N–H and O–H groups in total. The summed E-state index contributed by atoms with van der Waals surface area (Å²) in [4.78, 5) is 16.8. The van der Waals surface area contributed by atoms with Gasteiger partial charge in [0.05, 0.1) is 11.5 Å². The lowest BCUT2D eigenvalue weighted by Crippen LogP contribution is -2.37. The fraction of sp³-hybridized carbons (Fsp3) is 0.615. The molecule has 1 atom stereocenters. The molecule has 2 rings (SSSR count). The van der Waals surface area contributed by atoms with E-state index in [1.807, 2.05) is 0 Å². The van der Waals surface area contributed by atoms with Gasteiger partial charge in [-0.25, -0.2) is 4.98 Å². The van der Waals surface area contributed by atoms with Gasteiger partial charge in [0.15, 0.2) is 0 Å². The highest BCUT2D eigenvalue weighted by molar-refractivity contribution is 9.10. The van der Waals surface area contributed by atoms with Crippen LogP contribution in [-0.2, 0) is 0 Å². The average Bonchev–Trinajstić information content (AvgIpc) is 2.42. The Morgan fingerprint density at radius 1 is 1.60 bits per heavy atom. The molecule has 1 aromatic heterocycles. The summed E-state index contributed by atoms with van der Waals surface area (Å²) in [5.41, 5.74) is -0.101. The summed E-state index contributed by atoms with van der Waals surface area (Å²) in [5, 5.41) is 10.9. The lowest BCUT2D eigenvalue weighted by molar-refractivity contribution is -0.386. The largest absolute Gasteiger partial charge is 0.473 e. The van der Waals surface area contributed by atoms with E-state index in [0.717, 1.165) is 19.4 Å². The van der Waals surface area contributed by atoms with E-state index in [1.54, 1.807) is 0 Å². The molecule has 1 aliphatic rings. The van der Waals surface area contributed by atoms with Crippen LogP contribution in [0.3, 0.4) is 0 Å². The Morgan fingerprint density at radius 3 is 3.10 bits per heavy atom. The summed E-state index contributed by atoms with van der Waals surface area (Å²) in [6.45, 7) is 1.56. The molecule has 0 bridgehead atoms. The highest BCUT2D eigenvalue weighted by atomic mass is 79.9. The lowest BCUT2D eigenvalue weighted by atomic mass is 10.0. The van der Waals surface area contributed by atoms with E-state index in [0.29, 0.717) is 17.1 Å². The highest BCUT2D eigenvalue weighted by Crippen LogP contribution is 2.27. The van der Waals surface area contributed by atoms with Crippen LogP contribution in [0.15, 0.2) is 16.7 Å². The number of ether oxygens (including phenoxy) is 1. The van der Waals surface area contributed by atoms with E-state index in [9.17, 15) is 10.1 Å². The fourth-order valence-electron chi connectivity index (χ4n) is 2.46. The van der Waals surface area contributed by atoms with E-state index in [4.69, 9.17) is 4.74 Å². The van der Waals surface area contributed by atoms with Gasteiger partial charge in [-0.15, -0.1) is 0 Å². The molecule has 2 heterocycles. The van der Waals surface area contributed by atoms with Gasteiger partial charge in [-0.2, -0.15) is 0 Å². The van der Waals surface area contributed by atoms with E-state index in [2.05, 4.69) is 32.9 Å². The van der Waals surface area contributed by atoms with Crippen molar-refractivity contribution in [3.8, 4) is 5.88 Å². The van der Waals surface area contributed by atoms with Crippen LogP contribution in [0.4, 0.5) is 5.69 Å². The second-order valence-electron chi connectivity index (χ2n) is 5.00. The predicted octanol–water partition coefficient (Wildman–Crippen LogP) is 3.01. The first kappa shape index (κ1) is 15.2. The van der Waals surface area contributed by atoms with Gasteiger partial charge in [0, 0.05) is 22.8 Å². The molecule has 0 saturated carbocycles. The van der Waals surface area contributed by atoms with Crippen LogP contribution in [0.1, 0.15) is 25.7 Å². The van der Waals surface area contributed by atoms with Gasteiger partial charge >= 0.3 is 5.69 Å². The Hall–Kier alpha value is -1.21. The van der Waals surface area contributed by atoms with Crippen molar-refractivity contribution in [2.24, 2.45) is 0 Å². The van der Waals surface area contributed by atoms with Crippen molar-refractivity contribution in [2.75, 3.05) is 20.2 Å². The smallest absolute Gasteiger partial charge is 0.332 e. The fourth-order valence-corrected chi connectivity index (χ4v) is 2.78. The molecule has 1 unspecified atom stereocenters. The Bertz CT molecular complexity index is 484. The van der Waals surface area contributed by atoms with Gasteiger partial charge in [-0.3, -0.25) is 10.1 Å². The highest BCUT2D eigenvalue weighted by Gasteiger charge is 2.21. The van der Waals surface area contributed by atoms with Crippen LogP contribution in [0.25, 0.3) is 0 Å². The second kappa shape index (κ2) is 6.99. The monoisotopic (exact) mass is 343 g/mol. The van der Waals surface area contributed by atoms with Crippen LogP contribution in [0.5, 0.6) is 5.88 Å². The average molecular weight is 344 g/mol. The van der Waals surface area contributed by atoms with Gasteiger partial charge in [0.25, 0.3) is 5.88 Å². The maximum Gasteiger partial charge on any atom is 0.332 e. The van der Waals surface area contributed by atoms with Gasteiger partial charge in [0.2, 0.25) is 0 Å². The number of nitrogens with zero attached hydrogens (tertiary/aromatic N) is 3. The molecule has 1 fully saturated rings. The molecule has 1 aromatic rings. The van der Waals surface area contributed by atoms with Gasteiger partial charge in [-0.05, 0) is 48.8 Å². The number of piperidine rings is 1. The number of halogens is 1. The Kier molecular flexibility index (Phi) is 5.31. The molecule has 1 aliphatic heterocycles. The number of pyridine rings is 1. The Labute approximate surface area is 126 Å². The minimum atomic E-state index is -0.472. The summed E-state index contributed by atoms with van der Waals surface area (Å²) in [6, 6.07) is 1.91. The first-order valence-corrected chi connectivity index (χ1v) is 7.50. The summed E-state index contributed by atoms with van der Waals surface area (Å²) >= 11 is 3.17. The van der Waals surface area contributed by atoms with E-state index >= 15 is 0 Å². The summed E-state index contributed by atoms with van der Waals surface area (Å²) in [7, 11) is 2.12. The standard InChI is InChI=1S/C13H18BrN3O3/c1-16-6-3-2-4-11(16)5-7-20-13-12(17(18)19)8-10(14)9-15-13/h8-9,11H,2-7H2,1H3. The zero-order valence-corrected chi connectivity index (χ0v) is 13.0. The zero-order valence-electron chi connectivity index (χ0n) is 11.4. The van der Waals surface area contributed by atoms with Crippen LogP contribution >= 0.6 is 15.9 Å². The molecule has 6 nitrogen and oxygen atoms in total. The molecule has 1 saturated heterocycles. The third-order valence-electron chi connectivity index (χ3n) is 3.61.